The van der Waals surface area contributed by atoms with Crippen LogP contribution >= 0.6 is 0 Å². The summed E-state index contributed by atoms with van der Waals surface area (Å²) in [7, 11) is 0. The molecule has 12 heavy (non-hydrogen) atoms. The topological polar surface area (TPSA) is 48.0 Å². The lowest BCUT2D eigenvalue weighted by molar-refractivity contribution is 0.629. The highest BCUT2D eigenvalue weighted by Gasteiger charge is 1.93. The Morgan fingerprint density at radius 2 is 2.33 bits per heavy atom. The molecule has 0 bridgehead atoms. The minimum atomic E-state index is -0.0947. The quantitative estimate of drug-likeness (QED) is 0.734. The van der Waals surface area contributed by atoms with Gasteiger partial charge in [0, 0.05) is 25.0 Å². The number of hydrogen-bond donors (Lipinski definition) is 1. The summed E-state index contributed by atoms with van der Waals surface area (Å²) in [6.45, 7) is 3.06. The van der Waals surface area contributed by atoms with E-state index < -0.39 is 0 Å². The number of nitrogens with zero attached hydrogens (tertiary/aromatic N) is 1. The van der Waals surface area contributed by atoms with E-state index in [0.29, 0.717) is 5.69 Å². The predicted octanol–water partition coefficient (Wildman–Crippen LogP) is 1.23. The van der Waals surface area contributed by atoms with E-state index in [9.17, 15) is 4.79 Å². The maximum absolute atomic E-state index is 10.9. The third-order valence-corrected chi connectivity index (χ3v) is 1.78. The van der Waals surface area contributed by atoms with Crippen LogP contribution < -0.4 is 11.2 Å². The molecule has 0 aliphatic rings. The summed E-state index contributed by atoms with van der Waals surface area (Å²) in [5.41, 5.74) is 5.69. The van der Waals surface area contributed by atoms with Gasteiger partial charge in [0.2, 0.25) is 5.43 Å². The van der Waals surface area contributed by atoms with Crippen molar-refractivity contribution in [3.05, 3.63) is 28.7 Å². The van der Waals surface area contributed by atoms with Crippen molar-refractivity contribution in [2.75, 3.05) is 5.73 Å². The molecule has 0 spiro atoms. The molecule has 0 radical (unpaired) electrons. The summed E-state index contributed by atoms with van der Waals surface area (Å²) in [6, 6.07) is 1.50. The number of nitrogens with two attached hydrogens (primary N) is 1. The maximum Gasteiger partial charge on any atom is 0.204 e. The van der Waals surface area contributed by atoms with Gasteiger partial charge in [-0.25, -0.2) is 0 Å². The van der Waals surface area contributed by atoms with Gasteiger partial charge >= 0.3 is 0 Å². The van der Waals surface area contributed by atoms with E-state index in [1.54, 1.807) is 12.4 Å². The normalized spacial score (nSPS) is 10.1. The summed E-state index contributed by atoms with van der Waals surface area (Å²) >= 11 is 0. The van der Waals surface area contributed by atoms with Crippen LogP contribution in [0.25, 0.3) is 0 Å². The Labute approximate surface area is 71.8 Å². The number of nitrogen functional groups attached to an aromatic ring is 1. The highest BCUT2D eigenvalue weighted by atomic mass is 16.1. The minimum absolute atomic E-state index is 0.0947. The van der Waals surface area contributed by atoms with E-state index in [4.69, 9.17) is 5.73 Å². The summed E-state index contributed by atoms with van der Waals surface area (Å²) < 4.78 is 1.94. The minimum Gasteiger partial charge on any atom is -0.394 e. The molecule has 2 N–H and O–H groups in total. The van der Waals surface area contributed by atoms with E-state index >= 15 is 0 Å². The third kappa shape index (κ3) is 2.12. The molecule has 1 aromatic heterocycles. The number of rotatable bonds is 3. The van der Waals surface area contributed by atoms with Crippen LogP contribution in [0.2, 0.25) is 0 Å². The average molecular weight is 166 g/mol. The fourth-order valence-electron chi connectivity index (χ4n) is 1.02. The summed E-state index contributed by atoms with van der Waals surface area (Å²) in [4.78, 5) is 10.9. The Balaban J connectivity index is 2.75. The van der Waals surface area contributed by atoms with Gasteiger partial charge in [0.15, 0.2) is 0 Å². The van der Waals surface area contributed by atoms with Crippen LogP contribution in [0.3, 0.4) is 0 Å². The van der Waals surface area contributed by atoms with Gasteiger partial charge in [0.05, 0.1) is 5.69 Å². The SMILES string of the molecule is CCCCn1ccc(=O)c(N)c1. The number of aromatic nitrogens is 1. The number of pyridine rings is 1. The Bertz CT molecular complexity index is 304. The number of hydrogen-bond acceptors (Lipinski definition) is 2. The molecule has 0 aliphatic heterocycles. The van der Waals surface area contributed by atoms with Gasteiger partial charge < -0.3 is 10.3 Å². The first kappa shape index (κ1) is 8.84. The number of aryl methyl sites for hydroxylation is 1. The molecule has 0 aromatic carbocycles. The first-order valence-electron chi connectivity index (χ1n) is 4.19. The van der Waals surface area contributed by atoms with E-state index in [-0.39, 0.29) is 5.43 Å². The number of anilines is 1. The van der Waals surface area contributed by atoms with E-state index in [2.05, 4.69) is 6.92 Å². The van der Waals surface area contributed by atoms with Crippen molar-refractivity contribution in [2.45, 2.75) is 26.3 Å². The summed E-state index contributed by atoms with van der Waals surface area (Å²) in [6.07, 6.45) is 5.72. The lowest BCUT2D eigenvalue weighted by Crippen LogP contribution is -2.10. The molecule has 0 amide bonds. The zero-order valence-electron chi connectivity index (χ0n) is 7.29. The lowest BCUT2D eigenvalue weighted by Gasteiger charge is -2.04. The molecule has 0 aliphatic carbocycles. The van der Waals surface area contributed by atoms with Crippen LogP contribution in [-0.4, -0.2) is 4.57 Å². The molecule has 1 heterocycles. The van der Waals surface area contributed by atoms with Crippen molar-refractivity contribution in [1.29, 1.82) is 0 Å². The second-order valence-electron chi connectivity index (χ2n) is 2.86. The van der Waals surface area contributed by atoms with Crippen molar-refractivity contribution < 1.29 is 0 Å². The monoisotopic (exact) mass is 166 g/mol. The molecule has 66 valence electrons. The van der Waals surface area contributed by atoms with Crippen LogP contribution in [0, 0.1) is 0 Å². The molecule has 0 unspecified atom stereocenters. The fraction of sp³-hybridized carbons (Fsp3) is 0.444. The first-order valence-corrected chi connectivity index (χ1v) is 4.19. The third-order valence-electron chi connectivity index (χ3n) is 1.78. The molecule has 1 rings (SSSR count). The summed E-state index contributed by atoms with van der Waals surface area (Å²) in [5, 5.41) is 0. The van der Waals surface area contributed by atoms with Crippen molar-refractivity contribution >= 4 is 5.69 Å². The Morgan fingerprint density at radius 3 is 2.92 bits per heavy atom. The lowest BCUT2D eigenvalue weighted by atomic mass is 10.3. The first-order chi connectivity index (χ1) is 5.74. The van der Waals surface area contributed by atoms with Gasteiger partial charge in [-0.1, -0.05) is 13.3 Å². The zero-order chi connectivity index (χ0) is 8.97. The van der Waals surface area contributed by atoms with Crippen molar-refractivity contribution in [3.63, 3.8) is 0 Å². The fourth-order valence-corrected chi connectivity index (χ4v) is 1.02. The van der Waals surface area contributed by atoms with Gasteiger partial charge in [-0.05, 0) is 6.42 Å². The molecule has 3 nitrogen and oxygen atoms in total. The van der Waals surface area contributed by atoms with Crippen molar-refractivity contribution in [1.82, 2.24) is 4.57 Å². The molecule has 1 aromatic rings. The van der Waals surface area contributed by atoms with Crippen LogP contribution in [0.15, 0.2) is 23.3 Å². The number of unbranched alkanes of at least 4 members (excludes halogenated alkanes) is 1. The molecular weight excluding hydrogens is 152 g/mol. The van der Waals surface area contributed by atoms with Gasteiger partial charge in [0.1, 0.15) is 0 Å². The largest absolute Gasteiger partial charge is 0.394 e. The van der Waals surface area contributed by atoms with E-state index in [0.717, 1.165) is 19.4 Å². The van der Waals surface area contributed by atoms with Crippen LogP contribution in [0.5, 0.6) is 0 Å². The second kappa shape index (κ2) is 3.95. The molecule has 0 atom stereocenters. The molecule has 0 saturated heterocycles. The molecule has 3 heteroatoms. The van der Waals surface area contributed by atoms with E-state index in [1.165, 1.54) is 6.07 Å². The summed E-state index contributed by atoms with van der Waals surface area (Å²) in [5.74, 6) is 0. The molecular formula is C9H14N2O. The second-order valence-corrected chi connectivity index (χ2v) is 2.86. The van der Waals surface area contributed by atoms with Gasteiger partial charge in [-0.3, -0.25) is 4.79 Å². The maximum atomic E-state index is 10.9. The highest BCUT2D eigenvalue weighted by Crippen LogP contribution is 1.96. The molecule has 0 saturated carbocycles. The molecule has 0 fully saturated rings. The Hall–Kier alpha value is -1.25. The van der Waals surface area contributed by atoms with Gasteiger partial charge in [-0.2, -0.15) is 0 Å². The van der Waals surface area contributed by atoms with Crippen molar-refractivity contribution in [2.24, 2.45) is 0 Å². The Morgan fingerprint density at radius 1 is 1.58 bits per heavy atom. The van der Waals surface area contributed by atoms with Crippen LogP contribution in [-0.2, 0) is 6.54 Å². The highest BCUT2D eigenvalue weighted by molar-refractivity contribution is 5.33. The van der Waals surface area contributed by atoms with Crippen molar-refractivity contribution in [3.8, 4) is 0 Å². The van der Waals surface area contributed by atoms with Crippen LogP contribution in [0.1, 0.15) is 19.8 Å². The predicted molar refractivity (Wildman–Crippen MR) is 50.0 cm³/mol. The van der Waals surface area contributed by atoms with Gasteiger partial charge in [-0.15, -0.1) is 0 Å². The van der Waals surface area contributed by atoms with E-state index in [1.807, 2.05) is 4.57 Å². The van der Waals surface area contributed by atoms with Gasteiger partial charge in [0.25, 0.3) is 0 Å². The standard InChI is InChI=1S/C9H14N2O/c1-2-3-5-11-6-4-9(12)8(10)7-11/h4,6-7H,2-3,5,10H2,1H3. The average Bonchev–Trinajstić information content (AvgIpc) is 2.07. The zero-order valence-corrected chi connectivity index (χ0v) is 7.29. The van der Waals surface area contributed by atoms with Crippen LogP contribution in [0.4, 0.5) is 5.69 Å². The Kier molecular flexibility index (Phi) is 2.91. The smallest absolute Gasteiger partial charge is 0.204 e.